The number of hydrogen-bond acceptors (Lipinski definition) is 1. The van der Waals surface area contributed by atoms with Gasteiger partial charge in [-0.1, -0.05) is 20.3 Å². The van der Waals surface area contributed by atoms with Crippen molar-refractivity contribution in [3.63, 3.8) is 0 Å². The second kappa shape index (κ2) is 6.17. The Morgan fingerprint density at radius 1 is 1.05 bits per heavy atom. The predicted octanol–water partition coefficient (Wildman–Crippen LogP) is 4.44. The molecule has 0 spiro atoms. The molecule has 20 heavy (non-hydrogen) atoms. The van der Waals surface area contributed by atoms with E-state index < -0.39 is 23.5 Å². The van der Waals surface area contributed by atoms with Crippen molar-refractivity contribution in [2.45, 2.75) is 39.2 Å². The molecule has 0 radical (unpaired) electrons. The third-order valence-electron chi connectivity index (χ3n) is 4.78. The van der Waals surface area contributed by atoms with E-state index in [2.05, 4.69) is 19.2 Å². The van der Waals surface area contributed by atoms with Crippen LogP contribution in [0, 0.1) is 35.2 Å². The van der Waals surface area contributed by atoms with Gasteiger partial charge in [-0.05, 0) is 37.6 Å². The Hall–Kier alpha value is -1.03. The van der Waals surface area contributed by atoms with Gasteiger partial charge in [-0.2, -0.15) is 0 Å². The van der Waals surface area contributed by atoms with Gasteiger partial charge in [0.25, 0.3) is 0 Å². The molecule has 1 nitrogen and oxygen atoms in total. The molecule has 1 N–H and O–H groups in total. The lowest BCUT2D eigenvalue weighted by atomic mass is 9.72. The van der Waals surface area contributed by atoms with E-state index in [4.69, 9.17) is 0 Å². The minimum atomic E-state index is -0.871. The molecule has 1 aromatic rings. The summed E-state index contributed by atoms with van der Waals surface area (Å²) in [7, 11) is 1.70. The van der Waals surface area contributed by atoms with Gasteiger partial charge in [-0.3, -0.25) is 0 Å². The molecule has 1 aromatic carbocycles. The summed E-state index contributed by atoms with van der Waals surface area (Å²) in [6, 6.07) is 1.13. The van der Waals surface area contributed by atoms with Crippen LogP contribution in [0.5, 0.6) is 0 Å². The molecule has 4 heteroatoms. The molecule has 0 bridgehead atoms. The van der Waals surface area contributed by atoms with Crippen molar-refractivity contribution >= 4 is 0 Å². The second-order valence-electron chi connectivity index (χ2n) is 6.08. The summed E-state index contributed by atoms with van der Waals surface area (Å²) in [5.74, 6) is -1.10. The van der Waals surface area contributed by atoms with E-state index in [1.54, 1.807) is 7.05 Å². The summed E-state index contributed by atoms with van der Waals surface area (Å²) in [5, 5.41) is 3.02. The van der Waals surface area contributed by atoms with Crippen molar-refractivity contribution in [3.05, 3.63) is 35.1 Å². The quantitative estimate of drug-likeness (QED) is 0.866. The SMILES string of the molecule is CNC(c1c(F)cc(F)cc1F)C1CCC(C)C(C)C1. The average molecular weight is 285 g/mol. The van der Waals surface area contributed by atoms with Crippen molar-refractivity contribution in [1.29, 1.82) is 0 Å². The van der Waals surface area contributed by atoms with E-state index in [1.807, 2.05) is 0 Å². The van der Waals surface area contributed by atoms with Crippen LogP contribution in [-0.4, -0.2) is 7.05 Å². The van der Waals surface area contributed by atoms with Crippen LogP contribution in [0.25, 0.3) is 0 Å². The first-order valence-corrected chi connectivity index (χ1v) is 7.25. The van der Waals surface area contributed by atoms with Gasteiger partial charge in [0.05, 0.1) is 0 Å². The van der Waals surface area contributed by atoms with Crippen molar-refractivity contribution in [2.75, 3.05) is 7.05 Å². The van der Waals surface area contributed by atoms with Crippen LogP contribution in [-0.2, 0) is 0 Å². The monoisotopic (exact) mass is 285 g/mol. The van der Waals surface area contributed by atoms with E-state index in [1.165, 1.54) is 0 Å². The molecule has 112 valence electrons. The van der Waals surface area contributed by atoms with Gasteiger partial charge < -0.3 is 5.32 Å². The van der Waals surface area contributed by atoms with E-state index >= 15 is 0 Å². The van der Waals surface area contributed by atoms with Gasteiger partial charge >= 0.3 is 0 Å². The highest BCUT2D eigenvalue weighted by atomic mass is 19.1. The number of hydrogen-bond donors (Lipinski definition) is 1. The van der Waals surface area contributed by atoms with Crippen LogP contribution in [0.4, 0.5) is 13.2 Å². The molecule has 0 heterocycles. The van der Waals surface area contributed by atoms with Crippen LogP contribution < -0.4 is 5.32 Å². The third kappa shape index (κ3) is 3.00. The summed E-state index contributed by atoms with van der Waals surface area (Å²) in [5.41, 5.74) is -0.0272. The smallest absolute Gasteiger partial charge is 0.133 e. The zero-order valence-corrected chi connectivity index (χ0v) is 12.2. The Morgan fingerprint density at radius 3 is 2.15 bits per heavy atom. The Morgan fingerprint density at radius 2 is 1.65 bits per heavy atom. The fourth-order valence-corrected chi connectivity index (χ4v) is 3.36. The van der Waals surface area contributed by atoms with Crippen molar-refractivity contribution < 1.29 is 13.2 Å². The van der Waals surface area contributed by atoms with Crippen LogP contribution in [0.3, 0.4) is 0 Å². The highest BCUT2D eigenvalue weighted by molar-refractivity contribution is 5.25. The molecular weight excluding hydrogens is 263 g/mol. The third-order valence-corrected chi connectivity index (χ3v) is 4.78. The molecule has 4 atom stereocenters. The van der Waals surface area contributed by atoms with E-state index in [9.17, 15) is 13.2 Å². The maximum Gasteiger partial charge on any atom is 0.133 e. The summed E-state index contributed by atoms with van der Waals surface area (Å²) < 4.78 is 40.9. The standard InChI is InChI=1S/C16H22F3N/c1-9-4-5-11(6-10(9)2)16(20-3)15-13(18)7-12(17)8-14(15)19/h7-11,16,20H,4-6H2,1-3H3. The Kier molecular flexibility index (Phi) is 4.74. The number of nitrogens with one attached hydrogen (secondary N) is 1. The molecule has 1 saturated carbocycles. The largest absolute Gasteiger partial charge is 0.313 e. The van der Waals surface area contributed by atoms with Gasteiger partial charge in [0.2, 0.25) is 0 Å². The maximum atomic E-state index is 14.0. The van der Waals surface area contributed by atoms with Gasteiger partial charge in [-0.15, -0.1) is 0 Å². The van der Waals surface area contributed by atoms with Crippen LogP contribution in [0.2, 0.25) is 0 Å². The summed E-state index contributed by atoms with van der Waals surface area (Å²) >= 11 is 0. The first-order chi connectivity index (χ1) is 9.43. The van der Waals surface area contributed by atoms with Crippen molar-refractivity contribution in [2.24, 2.45) is 17.8 Å². The fraction of sp³-hybridized carbons (Fsp3) is 0.625. The number of rotatable bonds is 3. The normalized spacial score (nSPS) is 28.4. The summed E-state index contributed by atoms with van der Waals surface area (Å²) in [4.78, 5) is 0. The van der Waals surface area contributed by atoms with E-state index in [0.717, 1.165) is 31.4 Å². The average Bonchev–Trinajstić information content (AvgIpc) is 2.37. The van der Waals surface area contributed by atoms with Crippen molar-refractivity contribution in [3.8, 4) is 0 Å². The molecular formula is C16H22F3N. The Bertz CT molecular complexity index is 452. The first-order valence-electron chi connectivity index (χ1n) is 7.25. The molecule has 0 aromatic heterocycles. The Labute approximate surface area is 118 Å². The maximum absolute atomic E-state index is 14.0. The highest BCUT2D eigenvalue weighted by Gasteiger charge is 2.33. The zero-order chi connectivity index (χ0) is 14.9. The topological polar surface area (TPSA) is 12.0 Å². The minimum Gasteiger partial charge on any atom is -0.313 e. The molecule has 1 aliphatic carbocycles. The number of benzene rings is 1. The van der Waals surface area contributed by atoms with E-state index in [-0.39, 0.29) is 11.5 Å². The van der Waals surface area contributed by atoms with Crippen LogP contribution in [0.15, 0.2) is 12.1 Å². The lowest BCUT2D eigenvalue weighted by Gasteiger charge is -2.37. The Balaban J connectivity index is 2.29. The fourth-order valence-electron chi connectivity index (χ4n) is 3.36. The second-order valence-corrected chi connectivity index (χ2v) is 6.08. The lowest BCUT2D eigenvalue weighted by Crippen LogP contribution is -2.32. The van der Waals surface area contributed by atoms with E-state index in [0.29, 0.717) is 11.8 Å². The van der Waals surface area contributed by atoms with Gasteiger partial charge in [0.15, 0.2) is 0 Å². The first kappa shape index (κ1) is 15.4. The highest BCUT2D eigenvalue weighted by Crippen LogP contribution is 2.40. The van der Waals surface area contributed by atoms with Crippen molar-refractivity contribution in [1.82, 2.24) is 5.32 Å². The van der Waals surface area contributed by atoms with Gasteiger partial charge in [0, 0.05) is 23.7 Å². The molecule has 0 saturated heterocycles. The zero-order valence-electron chi connectivity index (χ0n) is 12.2. The van der Waals surface area contributed by atoms with Crippen LogP contribution >= 0.6 is 0 Å². The lowest BCUT2D eigenvalue weighted by molar-refractivity contribution is 0.171. The molecule has 0 aliphatic heterocycles. The van der Waals surface area contributed by atoms with Gasteiger partial charge in [0.1, 0.15) is 17.5 Å². The van der Waals surface area contributed by atoms with Crippen LogP contribution in [0.1, 0.15) is 44.7 Å². The summed E-state index contributed by atoms with van der Waals surface area (Å²) in [6.45, 7) is 4.40. The minimum absolute atomic E-state index is 0.0272. The predicted molar refractivity (Wildman–Crippen MR) is 73.8 cm³/mol. The number of halogens is 3. The molecule has 1 fully saturated rings. The molecule has 2 rings (SSSR count). The van der Waals surface area contributed by atoms with Gasteiger partial charge in [-0.25, -0.2) is 13.2 Å². The molecule has 1 aliphatic rings. The summed E-state index contributed by atoms with van der Waals surface area (Å²) in [6.07, 6.45) is 2.94. The molecule has 0 amide bonds. The molecule has 4 unspecified atom stereocenters.